The van der Waals surface area contributed by atoms with Crippen LogP contribution in [0.2, 0.25) is 0 Å². The average Bonchev–Trinajstić information content (AvgIpc) is 2.58. The molecule has 0 amide bonds. The Balaban J connectivity index is 0. The van der Waals surface area contributed by atoms with Crippen molar-refractivity contribution in [3.8, 4) is 0 Å². The topological polar surface area (TPSA) is 43.4 Å². The van der Waals surface area contributed by atoms with Gasteiger partial charge in [-0.2, -0.15) is 0 Å². The smallest absolute Gasteiger partial charge is 0.313 e. The van der Waals surface area contributed by atoms with Gasteiger partial charge in [-0.25, -0.2) is 0 Å². The van der Waals surface area contributed by atoms with Crippen molar-refractivity contribution in [2.24, 2.45) is 0 Å². The standard InChI is InChI=1S/C22H42O3.Ti/c1-3-5-6-7-8-9-10-11-12-13-14-15-16-17-18-20-22(24)25-21(23)19-4-2;/h3-20H2,1-2H3;. The van der Waals surface area contributed by atoms with Crippen LogP contribution in [0.5, 0.6) is 0 Å². The van der Waals surface area contributed by atoms with Crippen molar-refractivity contribution in [2.75, 3.05) is 0 Å². The molecular weight excluding hydrogens is 360 g/mol. The molecule has 0 N–H and O–H groups in total. The van der Waals surface area contributed by atoms with Crippen LogP contribution >= 0.6 is 0 Å². The molecule has 0 aliphatic rings. The van der Waals surface area contributed by atoms with Crippen LogP contribution in [0.25, 0.3) is 0 Å². The van der Waals surface area contributed by atoms with E-state index < -0.39 is 0 Å². The van der Waals surface area contributed by atoms with E-state index in [-0.39, 0.29) is 33.7 Å². The second-order valence-electron chi connectivity index (χ2n) is 7.30. The summed E-state index contributed by atoms with van der Waals surface area (Å²) in [6.45, 7) is 4.17. The normalized spacial score (nSPS) is 10.4. The molecule has 0 unspecified atom stereocenters. The third kappa shape index (κ3) is 21.9. The number of hydrogen-bond acceptors (Lipinski definition) is 3. The Labute approximate surface area is 177 Å². The summed E-state index contributed by atoms with van der Waals surface area (Å²) < 4.78 is 4.73. The number of esters is 2. The molecule has 0 aliphatic heterocycles. The number of unbranched alkanes of at least 4 members (excludes halogenated alkanes) is 14. The van der Waals surface area contributed by atoms with Crippen molar-refractivity contribution < 1.29 is 36.0 Å². The van der Waals surface area contributed by atoms with E-state index in [2.05, 4.69) is 6.92 Å². The Hall–Kier alpha value is -0.146. The zero-order chi connectivity index (χ0) is 18.6. The van der Waals surface area contributed by atoms with Gasteiger partial charge in [-0.05, 0) is 12.8 Å². The molecule has 0 aromatic heterocycles. The van der Waals surface area contributed by atoms with E-state index in [4.69, 9.17) is 4.74 Å². The number of ether oxygens (including phenoxy) is 1. The first-order valence-corrected chi connectivity index (χ1v) is 10.9. The van der Waals surface area contributed by atoms with Crippen molar-refractivity contribution in [3.63, 3.8) is 0 Å². The van der Waals surface area contributed by atoms with Crippen LogP contribution in [0.4, 0.5) is 0 Å². The molecule has 0 fully saturated rings. The number of hydrogen-bond donors (Lipinski definition) is 0. The summed E-state index contributed by atoms with van der Waals surface area (Å²) in [4.78, 5) is 22.6. The molecule has 0 bridgehead atoms. The first kappa shape index (κ1) is 28.1. The SMILES string of the molecule is CCCCCCCCCCCCCCCCCC(=O)OC(=O)CCC.[Ti]. The van der Waals surface area contributed by atoms with Crippen molar-refractivity contribution in [1.29, 1.82) is 0 Å². The number of carbonyl (C=O) groups excluding carboxylic acids is 2. The first-order chi connectivity index (χ1) is 12.2. The fourth-order valence-electron chi connectivity index (χ4n) is 3.07. The van der Waals surface area contributed by atoms with Crippen LogP contribution in [-0.2, 0) is 36.0 Å². The van der Waals surface area contributed by atoms with Crippen LogP contribution in [0.3, 0.4) is 0 Å². The van der Waals surface area contributed by atoms with Crippen molar-refractivity contribution in [3.05, 3.63) is 0 Å². The number of carbonyl (C=O) groups is 2. The number of rotatable bonds is 18. The monoisotopic (exact) mass is 402 g/mol. The average molecular weight is 402 g/mol. The summed E-state index contributed by atoms with van der Waals surface area (Å²) in [5.41, 5.74) is 0. The van der Waals surface area contributed by atoms with Gasteiger partial charge in [0.05, 0.1) is 0 Å². The van der Waals surface area contributed by atoms with E-state index in [9.17, 15) is 9.59 Å². The fourth-order valence-corrected chi connectivity index (χ4v) is 3.07. The quantitative estimate of drug-likeness (QED) is 0.106. The van der Waals surface area contributed by atoms with Gasteiger partial charge in [-0.1, -0.05) is 104 Å². The van der Waals surface area contributed by atoms with Crippen LogP contribution in [0.15, 0.2) is 0 Å². The van der Waals surface area contributed by atoms with Crippen LogP contribution in [-0.4, -0.2) is 11.9 Å². The summed E-state index contributed by atoms with van der Waals surface area (Å²) in [5.74, 6) is -0.735. The molecule has 0 rings (SSSR count). The fraction of sp³-hybridized carbons (Fsp3) is 0.909. The third-order valence-corrected chi connectivity index (χ3v) is 4.67. The van der Waals surface area contributed by atoms with Gasteiger partial charge < -0.3 is 4.74 Å². The molecule has 152 valence electrons. The molecule has 0 radical (unpaired) electrons. The minimum Gasteiger partial charge on any atom is -0.393 e. The summed E-state index contributed by atoms with van der Waals surface area (Å²) >= 11 is 0. The van der Waals surface area contributed by atoms with Gasteiger partial charge in [0.15, 0.2) is 0 Å². The van der Waals surface area contributed by atoms with Gasteiger partial charge in [-0.15, -0.1) is 0 Å². The van der Waals surface area contributed by atoms with Crippen molar-refractivity contribution in [1.82, 2.24) is 0 Å². The predicted octanol–water partition coefficient (Wildman–Crippen LogP) is 7.12. The van der Waals surface area contributed by atoms with E-state index in [0.29, 0.717) is 12.8 Å². The van der Waals surface area contributed by atoms with Gasteiger partial charge in [-0.3, -0.25) is 9.59 Å². The summed E-state index contributed by atoms with van der Waals surface area (Å²) in [5, 5.41) is 0. The van der Waals surface area contributed by atoms with Crippen LogP contribution < -0.4 is 0 Å². The minimum atomic E-state index is -0.381. The van der Waals surface area contributed by atoms with E-state index in [1.807, 2.05) is 6.92 Å². The molecule has 26 heavy (non-hydrogen) atoms. The second kappa shape index (κ2) is 22.9. The van der Waals surface area contributed by atoms with E-state index >= 15 is 0 Å². The van der Waals surface area contributed by atoms with Crippen molar-refractivity contribution in [2.45, 2.75) is 129 Å². The zero-order valence-electron chi connectivity index (χ0n) is 17.5. The van der Waals surface area contributed by atoms with Crippen LogP contribution in [0, 0.1) is 0 Å². The second-order valence-corrected chi connectivity index (χ2v) is 7.30. The minimum absolute atomic E-state index is 0. The Morgan fingerprint density at radius 3 is 1.23 bits per heavy atom. The molecule has 0 aliphatic carbocycles. The Kier molecular flexibility index (Phi) is 24.7. The Morgan fingerprint density at radius 2 is 0.846 bits per heavy atom. The molecule has 0 atom stereocenters. The summed E-state index contributed by atoms with van der Waals surface area (Å²) in [7, 11) is 0. The third-order valence-electron chi connectivity index (χ3n) is 4.67. The molecule has 0 saturated heterocycles. The molecule has 0 heterocycles. The van der Waals surface area contributed by atoms with Gasteiger partial charge in [0.2, 0.25) is 0 Å². The van der Waals surface area contributed by atoms with E-state index in [1.54, 1.807) is 0 Å². The summed E-state index contributed by atoms with van der Waals surface area (Å²) in [6, 6.07) is 0. The molecule has 0 saturated carbocycles. The molecular formula is C22H42O3Ti. The van der Waals surface area contributed by atoms with Gasteiger partial charge >= 0.3 is 11.9 Å². The first-order valence-electron chi connectivity index (χ1n) is 10.9. The van der Waals surface area contributed by atoms with Gasteiger partial charge in [0.1, 0.15) is 0 Å². The molecule has 3 nitrogen and oxygen atoms in total. The largest absolute Gasteiger partial charge is 0.393 e. The van der Waals surface area contributed by atoms with Crippen LogP contribution in [0.1, 0.15) is 129 Å². The maximum absolute atomic E-state index is 11.4. The maximum Gasteiger partial charge on any atom is 0.313 e. The van der Waals surface area contributed by atoms with E-state index in [1.165, 1.54) is 83.5 Å². The maximum atomic E-state index is 11.4. The zero-order valence-corrected chi connectivity index (χ0v) is 19.0. The summed E-state index contributed by atoms with van der Waals surface area (Å²) in [6.07, 6.45) is 21.1. The molecule has 0 spiro atoms. The molecule has 4 heteroatoms. The Bertz CT molecular complexity index is 319. The van der Waals surface area contributed by atoms with E-state index in [0.717, 1.165) is 19.3 Å². The molecule has 0 aromatic carbocycles. The van der Waals surface area contributed by atoms with Gasteiger partial charge in [0, 0.05) is 34.6 Å². The van der Waals surface area contributed by atoms with Crippen molar-refractivity contribution >= 4 is 11.9 Å². The van der Waals surface area contributed by atoms with Gasteiger partial charge in [0.25, 0.3) is 0 Å². The predicted molar refractivity (Wildman–Crippen MR) is 106 cm³/mol. The molecule has 0 aromatic rings. The Morgan fingerprint density at radius 1 is 0.500 bits per heavy atom.